The average molecular weight is 612 g/mol. The lowest BCUT2D eigenvalue weighted by molar-refractivity contribution is -0.138. The number of aromatic nitrogens is 2. The van der Waals surface area contributed by atoms with Gasteiger partial charge in [-0.3, -0.25) is 24.5 Å². The summed E-state index contributed by atoms with van der Waals surface area (Å²) in [4.78, 5) is 36.9. The van der Waals surface area contributed by atoms with E-state index in [1.807, 2.05) is 22.6 Å². The summed E-state index contributed by atoms with van der Waals surface area (Å²) in [5.74, 6) is -1.10. The summed E-state index contributed by atoms with van der Waals surface area (Å²) in [6, 6.07) is 9.30. The lowest BCUT2D eigenvalue weighted by Gasteiger charge is -2.14. The Morgan fingerprint density at radius 3 is 2.69 bits per heavy atom. The molecule has 180 valence electrons. The lowest BCUT2D eigenvalue weighted by Crippen LogP contribution is -2.45. The summed E-state index contributed by atoms with van der Waals surface area (Å²) in [6.07, 6.45) is 0.0766. The van der Waals surface area contributed by atoms with E-state index in [1.54, 1.807) is 24.3 Å². The highest BCUT2D eigenvalue weighted by Gasteiger charge is 2.39. The monoisotopic (exact) mass is 612 g/mol. The van der Waals surface area contributed by atoms with Crippen LogP contribution >= 0.6 is 34.4 Å². The van der Waals surface area contributed by atoms with Gasteiger partial charge in [-0.25, -0.2) is 0 Å². The Hall–Kier alpha value is -2.87. The van der Waals surface area contributed by atoms with Crippen molar-refractivity contribution in [3.05, 3.63) is 67.8 Å². The van der Waals surface area contributed by atoms with Crippen molar-refractivity contribution >= 4 is 68.4 Å². The van der Waals surface area contributed by atoms with Crippen LogP contribution in [0.4, 0.5) is 18.0 Å². The third kappa shape index (κ3) is 4.94. The molecule has 12 heteroatoms. The van der Waals surface area contributed by atoms with E-state index >= 15 is 0 Å². The quantitative estimate of drug-likeness (QED) is 0.317. The van der Waals surface area contributed by atoms with E-state index in [-0.39, 0.29) is 28.8 Å². The summed E-state index contributed by atoms with van der Waals surface area (Å²) in [7, 11) is 0. The predicted octanol–water partition coefficient (Wildman–Crippen LogP) is 5.19. The molecule has 7 nitrogen and oxygen atoms in total. The Bertz CT molecular complexity index is 1410. The van der Waals surface area contributed by atoms with E-state index in [2.05, 4.69) is 10.5 Å². The fourth-order valence-electron chi connectivity index (χ4n) is 3.70. The molecule has 0 spiro atoms. The zero-order chi connectivity index (χ0) is 24.9. The predicted molar refractivity (Wildman–Crippen MR) is 132 cm³/mol. The zero-order valence-electron chi connectivity index (χ0n) is 17.8. The first-order chi connectivity index (χ1) is 16.6. The fourth-order valence-corrected chi connectivity index (χ4v) is 4.97. The van der Waals surface area contributed by atoms with Crippen LogP contribution in [0.25, 0.3) is 17.0 Å². The van der Waals surface area contributed by atoms with E-state index in [1.165, 1.54) is 23.0 Å². The molecule has 0 bridgehead atoms. The molecule has 2 aliphatic rings. The molecule has 5 rings (SSSR count). The molecule has 1 N–H and O–H groups in total. The van der Waals surface area contributed by atoms with Crippen molar-refractivity contribution in [3.63, 3.8) is 0 Å². The van der Waals surface area contributed by atoms with Crippen molar-refractivity contribution in [2.45, 2.75) is 25.6 Å². The normalized spacial score (nSPS) is 17.6. The van der Waals surface area contributed by atoms with E-state index in [0.717, 1.165) is 35.7 Å². The minimum Gasteiger partial charge on any atom is -0.273 e. The molecular weight excluding hydrogens is 596 g/mol. The van der Waals surface area contributed by atoms with Gasteiger partial charge in [-0.15, -0.1) is 0 Å². The first-order valence-corrected chi connectivity index (χ1v) is 12.4. The SMILES string of the molecule is O=C(NN1C(=O)S/C(=C\c2ccc3c(cnn3Cc3ccc(I)cc3C(F)(F)F)c2)C1=O)C1CC1. The van der Waals surface area contributed by atoms with Crippen LogP contribution in [0.3, 0.4) is 0 Å². The Labute approximate surface area is 214 Å². The number of fused-ring (bicyclic) bond motifs is 1. The van der Waals surface area contributed by atoms with Crippen LogP contribution in [0.5, 0.6) is 0 Å². The number of thioether (sulfide) groups is 1. The maximum absolute atomic E-state index is 13.5. The molecular formula is C23H16F3IN4O3S. The highest BCUT2D eigenvalue weighted by atomic mass is 127. The van der Waals surface area contributed by atoms with Crippen LogP contribution in [0.2, 0.25) is 0 Å². The molecule has 2 fully saturated rings. The van der Waals surface area contributed by atoms with Crippen LogP contribution in [0, 0.1) is 9.49 Å². The van der Waals surface area contributed by atoms with Gasteiger partial charge in [-0.05, 0) is 88.7 Å². The first kappa shape index (κ1) is 23.9. The molecule has 3 amide bonds. The van der Waals surface area contributed by atoms with Gasteiger partial charge in [-0.1, -0.05) is 12.1 Å². The number of halogens is 4. The smallest absolute Gasteiger partial charge is 0.273 e. The van der Waals surface area contributed by atoms with Crippen LogP contribution in [0.15, 0.2) is 47.5 Å². The third-order valence-corrected chi connectivity index (χ3v) is 7.17. The molecule has 1 aliphatic heterocycles. The molecule has 0 atom stereocenters. The number of rotatable bonds is 5. The summed E-state index contributed by atoms with van der Waals surface area (Å²) >= 11 is 2.57. The fraction of sp³-hybridized carbons (Fsp3) is 0.217. The number of carbonyl (C=O) groups is 3. The van der Waals surface area contributed by atoms with Gasteiger partial charge in [0.25, 0.3) is 5.91 Å². The van der Waals surface area contributed by atoms with Crippen LogP contribution < -0.4 is 5.43 Å². The number of amides is 3. The van der Waals surface area contributed by atoms with Gasteiger partial charge in [0.1, 0.15) is 0 Å². The Morgan fingerprint density at radius 1 is 1.20 bits per heavy atom. The number of benzene rings is 2. The molecule has 3 aromatic rings. The Kier molecular flexibility index (Phi) is 6.11. The van der Waals surface area contributed by atoms with Gasteiger partial charge in [0.05, 0.1) is 28.7 Å². The maximum Gasteiger partial charge on any atom is 0.416 e. The number of nitrogens with zero attached hydrogens (tertiary/aromatic N) is 3. The standard InChI is InChI=1S/C23H16F3IN4O3S/c24-23(25,26)17-9-16(27)5-4-14(17)11-30-18-6-1-12(7-15(18)10-28-30)8-19-21(33)31(22(34)35-19)29-20(32)13-2-3-13/h1,4-10,13H,2-3,11H2,(H,29,32)/b19-8-. The maximum atomic E-state index is 13.5. The minimum atomic E-state index is -4.48. The Balaban J connectivity index is 1.38. The van der Waals surface area contributed by atoms with Crippen molar-refractivity contribution in [1.82, 2.24) is 20.2 Å². The van der Waals surface area contributed by atoms with Crippen LogP contribution in [-0.2, 0) is 22.3 Å². The van der Waals surface area contributed by atoms with Crippen LogP contribution in [0.1, 0.15) is 29.5 Å². The van der Waals surface area contributed by atoms with Gasteiger partial charge < -0.3 is 0 Å². The topological polar surface area (TPSA) is 84.3 Å². The number of hydrogen-bond acceptors (Lipinski definition) is 5. The third-order valence-electron chi connectivity index (χ3n) is 5.62. The number of carbonyl (C=O) groups excluding carboxylic acids is 3. The largest absolute Gasteiger partial charge is 0.416 e. The highest BCUT2D eigenvalue weighted by molar-refractivity contribution is 14.1. The van der Waals surface area contributed by atoms with Crippen molar-refractivity contribution < 1.29 is 27.6 Å². The Morgan fingerprint density at radius 2 is 1.97 bits per heavy atom. The van der Waals surface area contributed by atoms with Crippen molar-refractivity contribution in [2.24, 2.45) is 5.92 Å². The summed E-state index contributed by atoms with van der Waals surface area (Å²) < 4.78 is 42.5. The van der Waals surface area contributed by atoms with Gasteiger partial charge in [0.2, 0.25) is 5.91 Å². The van der Waals surface area contributed by atoms with Crippen molar-refractivity contribution in [3.8, 4) is 0 Å². The number of hydrazine groups is 1. The second kappa shape index (κ2) is 8.97. The van der Waals surface area contributed by atoms with Crippen LogP contribution in [-0.4, -0.2) is 31.8 Å². The number of hydrogen-bond donors (Lipinski definition) is 1. The van der Waals surface area contributed by atoms with Gasteiger partial charge in [0, 0.05) is 14.9 Å². The molecule has 0 radical (unpaired) electrons. The first-order valence-electron chi connectivity index (χ1n) is 10.5. The molecule has 1 aromatic heterocycles. The van der Waals surface area contributed by atoms with Crippen molar-refractivity contribution in [2.75, 3.05) is 0 Å². The minimum absolute atomic E-state index is 0.0613. The summed E-state index contributed by atoms with van der Waals surface area (Å²) in [5.41, 5.74) is 3.01. The number of alkyl halides is 3. The highest BCUT2D eigenvalue weighted by Crippen LogP contribution is 2.35. The van der Waals surface area contributed by atoms with Gasteiger partial charge >= 0.3 is 11.4 Å². The number of nitrogens with one attached hydrogen (secondary N) is 1. The summed E-state index contributed by atoms with van der Waals surface area (Å²) in [5, 5.41) is 5.06. The lowest BCUT2D eigenvalue weighted by atomic mass is 10.1. The van der Waals surface area contributed by atoms with E-state index < -0.39 is 22.9 Å². The molecule has 0 unspecified atom stereocenters. The van der Waals surface area contributed by atoms with Crippen molar-refractivity contribution in [1.29, 1.82) is 0 Å². The molecule has 2 heterocycles. The molecule has 1 saturated carbocycles. The zero-order valence-corrected chi connectivity index (χ0v) is 20.8. The van der Waals surface area contributed by atoms with Gasteiger partial charge in [-0.2, -0.15) is 23.3 Å². The van der Waals surface area contributed by atoms with E-state index in [9.17, 15) is 27.6 Å². The second-order valence-corrected chi connectivity index (χ2v) is 10.4. The number of imide groups is 1. The summed E-state index contributed by atoms with van der Waals surface area (Å²) in [6.45, 7) is -0.0613. The molecule has 35 heavy (non-hydrogen) atoms. The molecule has 1 saturated heterocycles. The molecule has 1 aliphatic carbocycles. The van der Waals surface area contributed by atoms with Gasteiger partial charge in [0.15, 0.2) is 0 Å². The molecule has 2 aromatic carbocycles. The van der Waals surface area contributed by atoms with E-state index in [4.69, 9.17) is 0 Å². The average Bonchev–Trinajstić information content (AvgIpc) is 3.53. The van der Waals surface area contributed by atoms with E-state index in [0.29, 0.717) is 20.0 Å². The second-order valence-electron chi connectivity index (χ2n) is 8.19.